The number of likely N-dealkylation sites (tertiary alicyclic amines) is 1. The number of halogens is 1. The molecule has 3 aliphatic rings. The number of nitrogens with one attached hydrogen (secondary N) is 1. The van der Waals surface area contributed by atoms with Crippen molar-refractivity contribution < 1.29 is 9.18 Å². The maximum absolute atomic E-state index is 13.0. The Labute approximate surface area is 155 Å². The van der Waals surface area contributed by atoms with Gasteiger partial charge in [-0.05, 0) is 49.4 Å². The lowest BCUT2D eigenvalue weighted by atomic mass is 10.1. The van der Waals surface area contributed by atoms with Crippen LogP contribution in [0.1, 0.15) is 24.8 Å². The van der Waals surface area contributed by atoms with Crippen molar-refractivity contribution in [1.82, 2.24) is 20.0 Å². The van der Waals surface area contributed by atoms with Crippen molar-refractivity contribution >= 4 is 6.03 Å². The Balaban J connectivity index is 1.16. The summed E-state index contributed by atoms with van der Waals surface area (Å²) in [6, 6.07) is 7.60. The number of nitrogens with zero attached hydrogens (tertiary/aromatic N) is 3. The van der Waals surface area contributed by atoms with E-state index in [-0.39, 0.29) is 11.8 Å². The Hall–Kier alpha value is -1.66. The van der Waals surface area contributed by atoms with Crippen LogP contribution in [0, 0.1) is 11.7 Å². The maximum atomic E-state index is 13.0. The molecular weight excluding hydrogens is 331 g/mol. The third-order valence-corrected chi connectivity index (χ3v) is 5.90. The van der Waals surface area contributed by atoms with Crippen molar-refractivity contribution in [1.29, 1.82) is 0 Å². The third-order valence-electron chi connectivity index (χ3n) is 5.90. The number of hydrogen-bond acceptors (Lipinski definition) is 3. The fourth-order valence-electron chi connectivity index (χ4n) is 4.10. The summed E-state index contributed by atoms with van der Waals surface area (Å²) in [7, 11) is 0. The monoisotopic (exact) mass is 360 g/mol. The van der Waals surface area contributed by atoms with Gasteiger partial charge in [0.2, 0.25) is 0 Å². The van der Waals surface area contributed by atoms with Crippen molar-refractivity contribution in [3.63, 3.8) is 0 Å². The van der Waals surface area contributed by atoms with Gasteiger partial charge in [-0.15, -0.1) is 0 Å². The molecular formula is C20H29FN4O. The van der Waals surface area contributed by atoms with Gasteiger partial charge < -0.3 is 15.1 Å². The van der Waals surface area contributed by atoms with E-state index >= 15 is 0 Å². The number of benzene rings is 1. The highest BCUT2D eigenvalue weighted by atomic mass is 19.1. The molecule has 2 heterocycles. The molecule has 1 aromatic carbocycles. The number of urea groups is 1. The minimum Gasteiger partial charge on any atom is -0.338 e. The van der Waals surface area contributed by atoms with Crippen LogP contribution >= 0.6 is 0 Å². The molecule has 0 bridgehead atoms. The van der Waals surface area contributed by atoms with Gasteiger partial charge in [-0.25, -0.2) is 9.18 Å². The van der Waals surface area contributed by atoms with Gasteiger partial charge >= 0.3 is 6.03 Å². The molecule has 6 heteroatoms. The van der Waals surface area contributed by atoms with Crippen molar-refractivity contribution in [2.24, 2.45) is 5.92 Å². The van der Waals surface area contributed by atoms with Gasteiger partial charge in [0, 0.05) is 51.9 Å². The fourth-order valence-corrected chi connectivity index (χ4v) is 4.10. The number of hydrogen-bond donors (Lipinski definition) is 1. The quantitative estimate of drug-likeness (QED) is 0.874. The molecule has 1 aliphatic carbocycles. The molecule has 2 amide bonds. The average molecular weight is 360 g/mol. The van der Waals surface area contributed by atoms with Crippen molar-refractivity contribution in [3.8, 4) is 0 Å². The van der Waals surface area contributed by atoms with E-state index in [0.29, 0.717) is 5.92 Å². The molecule has 1 aromatic rings. The molecule has 0 radical (unpaired) electrons. The van der Waals surface area contributed by atoms with Crippen LogP contribution in [-0.2, 0) is 6.54 Å². The van der Waals surface area contributed by atoms with Crippen LogP contribution in [0.4, 0.5) is 9.18 Å². The Morgan fingerprint density at radius 3 is 2.46 bits per heavy atom. The van der Waals surface area contributed by atoms with Crippen molar-refractivity contribution in [3.05, 3.63) is 35.6 Å². The Morgan fingerprint density at radius 2 is 1.77 bits per heavy atom. The number of carbonyl (C=O) groups excluding carboxylic acids is 1. The fraction of sp³-hybridized carbons (Fsp3) is 0.650. The first-order chi connectivity index (χ1) is 12.7. The summed E-state index contributed by atoms with van der Waals surface area (Å²) in [5.74, 6) is 0.414. The lowest BCUT2D eigenvalue weighted by Gasteiger charge is -2.35. The topological polar surface area (TPSA) is 38.8 Å². The largest absolute Gasteiger partial charge is 0.338 e. The first-order valence-electron chi connectivity index (χ1n) is 9.91. The molecule has 0 aromatic heterocycles. The third kappa shape index (κ3) is 4.54. The predicted octanol–water partition coefficient (Wildman–Crippen LogP) is 2.14. The standard InChI is InChI=1S/C20H29FN4O/c21-18-3-1-16(2-4-18)14-23-9-11-24(12-10-23)20(26)22-13-17-7-8-25(15-17)19-5-6-19/h1-4,17,19H,5-15H2,(H,22,26)/t17-/m1/s1. The summed E-state index contributed by atoms with van der Waals surface area (Å²) in [6.45, 7) is 7.21. The van der Waals surface area contributed by atoms with Crippen molar-refractivity contribution in [2.75, 3.05) is 45.8 Å². The van der Waals surface area contributed by atoms with Gasteiger partial charge in [0.15, 0.2) is 0 Å². The predicted molar refractivity (Wildman–Crippen MR) is 99.4 cm³/mol. The molecule has 142 valence electrons. The maximum Gasteiger partial charge on any atom is 0.317 e. The molecule has 3 fully saturated rings. The highest BCUT2D eigenvalue weighted by Crippen LogP contribution is 2.31. The molecule has 1 N–H and O–H groups in total. The van der Waals surface area contributed by atoms with E-state index in [1.54, 1.807) is 0 Å². The SMILES string of the molecule is O=C(NC[C@H]1CCN(C2CC2)C1)N1CCN(Cc2ccc(F)cc2)CC1. The first kappa shape index (κ1) is 17.7. The highest BCUT2D eigenvalue weighted by Gasteiger charge is 2.34. The number of rotatable bonds is 5. The van der Waals surface area contributed by atoms with E-state index in [0.717, 1.165) is 57.4 Å². The molecule has 1 saturated carbocycles. The van der Waals surface area contributed by atoms with Gasteiger partial charge in [-0.3, -0.25) is 4.90 Å². The van der Waals surface area contributed by atoms with E-state index in [1.165, 1.54) is 37.9 Å². The van der Waals surface area contributed by atoms with Gasteiger partial charge in [-0.1, -0.05) is 12.1 Å². The minimum atomic E-state index is -0.197. The molecule has 26 heavy (non-hydrogen) atoms. The van der Waals surface area contributed by atoms with E-state index < -0.39 is 0 Å². The van der Waals surface area contributed by atoms with Crippen LogP contribution in [0.25, 0.3) is 0 Å². The number of carbonyl (C=O) groups is 1. The summed E-state index contributed by atoms with van der Waals surface area (Å²) >= 11 is 0. The molecule has 2 aliphatic heterocycles. The second-order valence-corrected chi connectivity index (χ2v) is 7.96. The van der Waals surface area contributed by atoms with Crippen LogP contribution in [0.5, 0.6) is 0 Å². The van der Waals surface area contributed by atoms with Gasteiger partial charge in [-0.2, -0.15) is 0 Å². The number of piperazine rings is 1. The van der Waals surface area contributed by atoms with Crippen LogP contribution in [0.2, 0.25) is 0 Å². The second kappa shape index (κ2) is 7.92. The second-order valence-electron chi connectivity index (χ2n) is 7.96. The zero-order chi connectivity index (χ0) is 17.9. The van der Waals surface area contributed by atoms with Crippen LogP contribution in [0.3, 0.4) is 0 Å². The van der Waals surface area contributed by atoms with E-state index in [1.807, 2.05) is 17.0 Å². The first-order valence-corrected chi connectivity index (χ1v) is 9.91. The lowest BCUT2D eigenvalue weighted by Crippen LogP contribution is -2.52. The van der Waals surface area contributed by atoms with E-state index in [4.69, 9.17) is 0 Å². The zero-order valence-electron chi connectivity index (χ0n) is 15.4. The molecule has 2 saturated heterocycles. The van der Waals surface area contributed by atoms with Gasteiger partial charge in [0.1, 0.15) is 5.82 Å². The smallest absolute Gasteiger partial charge is 0.317 e. The van der Waals surface area contributed by atoms with Crippen LogP contribution < -0.4 is 5.32 Å². The van der Waals surface area contributed by atoms with Crippen molar-refractivity contribution in [2.45, 2.75) is 31.8 Å². The van der Waals surface area contributed by atoms with E-state index in [9.17, 15) is 9.18 Å². The highest BCUT2D eigenvalue weighted by molar-refractivity contribution is 5.74. The Morgan fingerprint density at radius 1 is 1.04 bits per heavy atom. The van der Waals surface area contributed by atoms with Crippen LogP contribution in [0.15, 0.2) is 24.3 Å². The molecule has 0 spiro atoms. The van der Waals surface area contributed by atoms with E-state index in [2.05, 4.69) is 15.1 Å². The molecule has 5 nitrogen and oxygen atoms in total. The van der Waals surface area contributed by atoms with Crippen LogP contribution in [-0.4, -0.2) is 72.6 Å². The lowest BCUT2D eigenvalue weighted by molar-refractivity contribution is 0.134. The molecule has 4 rings (SSSR count). The Kier molecular flexibility index (Phi) is 5.41. The Bertz CT molecular complexity index is 611. The molecule has 0 unspecified atom stereocenters. The average Bonchev–Trinajstić information content (AvgIpc) is 3.40. The summed E-state index contributed by atoms with van der Waals surface area (Å²) in [5, 5.41) is 3.15. The minimum absolute atomic E-state index is 0.0799. The summed E-state index contributed by atoms with van der Waals surface area (Å²) < 4.78 is 13.0. The summed E-state index contributed by atoms with van der Waals surface area (Å²) in [4.78, 5) is 19.3. The normalized spacial score (nSPS) is 24.8. The van der Waals surface area contributed by atoms with Gasteiger partial charge in [0.05, 0.1) is 0 Å². The van der Waals surface area contributed by atoms with Gasteiger partial charge in [0.25, 0.3) is 0 Å². The zero-order valence-corrected chi connectivity index (χ0v) is 15.4. The molecule has 1 atom stereocenters. The number of amides is 2. The summed E-state index contributed by atoms with van der Waals surface area (Å²) in [6.07, 6.45) is 3.94. The summed E-state index contributed by atoms with van der Waals surface area (Å²) in [5.41, 5.74) is 1.12.